The van der Waals surface area contributed by atoms with E-state index in [4.69, 9.17) is 10.5 Å². The number of benzene rings is 1. The van der Waals surface area contributed by atoms with E-state index in [2.05, 4.69) is 9.71 Å². The number of nitrogens with two attached hydrogens (primary N) is 1. The van der Waals surface area contributed by atoms with Crippen molar-refractivity contribution in [2.24, 2.45) is 0 Å². The number of ether oxygens (including phenoxy) is 1. The molecule has 0 radical (unpaired) electrons. The number of hydrogen-bond donors (Lipinski definition) is 2. The van der Waals surface area contributed by atoms with Gasteiger partial charge in [-0.1, -0.05) is 6.07 Å². The number of nitrogens with zero attached hydrogens (tertiary/aromatic N) is 1. The Kier molecular flexibility index (Phi) is 3.80. The highest BCUT2D eigenvalue weighted by molar-refractivity contribution is 7.92. The molecule has 106 valence electrons. The Labute approximate surface area is 117 Å². The minimum absolute atomic E-state index is 0.0494. The van der Waals surface area contributed by atoms with Gasteiger partial charge in [0.05, 0.1) is 12.8 Å². The van der Waals surface area contributed by atoms with Gasteiger partial charge in [0.15, 0.2) is 0 Å². The van der Waals surface area contributed by atoms with Crippen molar-refractivity contribution in [1.29, 1.82) is 0 Å². The van der Waals surface area contributed by atoms with Crippen molar-refractivity contribution in [2.75, 3.05) is 17.6 Å². The highest BCUT2D eigenvalue weighted by Crippen LogP contribution is 2.28. The lowest BCUT2D eigenvalue weighted by atomic mass is 10.2. The van der Waals surface area contributed by atoms with Crippen LogP contribution in [0.25, 0.3) is 0 Å². The molecule has 0 spiro atoms. The lowest BCUT2D eigenvalue weighted by Crippen LogP contribution is -2.16. The summed E-state index contributed by atoms with van der Waals surface area (Å²) in [6, 6.07) is 8.11. The molecule has 1 aromatic heterocycles. The van der Waals surface area contributed by atoms with E-state index in [9.17, 15) is 8.42 Å². The molecule has 7 heteroatoms. The Morgan fingerprint density at radius 1 is 1.30 bits per heavy atom. The first-order chi connectivity index (χ1) is 9.44. The van der Waals surface area contributed by atoms with Crippen molar-refractivity contribution in [3.63, 3.8) is 0 Å². The number of rotatable bonds is 4. The molecule has 2 aromatic rings. The lowest BCUT2D eigenvalue weighted by molar-refractivity contribution is 0.417. The Bertz CT molecular complexity index is 729. The molecule has 20 heavy (non-hydrogen) atoms. The van der Waals surface area contributed by atoms with Crippen LogP contribution in [0, 0.1) is 6.92 Å². The van der Waals surface area contributed by atoms with Crippen LogP contribution < -0.4 is 15.2 Å². The summed E-state index contributed by atoms with van der Waals surface area (Å²) in [6.45, 7) is 1.86. The third-order valence-corrected chi connectivity index (χ3v) is 4.10. The molecule has 6 nitrogen and oxygen atoms in total. The van der Waals surface area contributed by atoms with Crippen LogP contribution in [0.5, 0.6) is 5.75 Å². The second kappa shape index (κ2) is 5.38. The number of aryl methyl sites for hydroxylation is 1. The summed E-state index contributed by atoms with van der Waals surface area (Å²) in [5.74, 6) is 0.383. The molecule has 1 heterocycles. The number of sulfonamides is 1. The Balaban J connectivity index is 2.44. The molecule has 0 saturated carbocycles. The fourth-order valence-electron chi connectivity index (χ4n) is 1.73. The van der Waals surface area contributed by atoms with Crippen LogP contribution in [0.3, 0.4) is 0 Å². The molecule has 0 aliphatic carbocycles. The van der Waals surface area contributed by atoms with Crippen LogP contribution in [0.2, 0.25) is 0 Å². The van der Waals surface area contributed by atoms with Crippen molar-refractivity contribution in [3.05, 3.63) is 42.1 Å². The van der Waals surface area contributed by atoms with Gasteiger partial charge in [-0.3, -0.25) is 4.72 Å². The molecule has 3 N–H and O–H groups in total. The fraction of sp³-hybridized carbons (Fsp3) is 0.154. The summed E-state index contributed by atoms with van der Waals surface area (Å²) in [7, 11) is -2.34. The zero-order valence-electron chi connectivity index (χ0n) is 11.1. The molecule has 0 bridgehead atoms. The van der Waals surface area contributed by atoms with Gasteiger partial charge in [-0.05, 0) is 36.8 Å². The zero-order chi connectivity index (χ0) is 14.8. The second-order valence-electron chi connectivity index (χ2n) is 4.20. The standard InChI is InChI=1S/C13H15N3O3S/c1-9-5-6-11(19-2)10(8-9)16-20(17,18)12-4-3-7-15-13(12)14/h3-8,16H,1-2H3,(H2,14,15). The first-order valence-corrected chi connectivity index (χ1v) is 7.30. The highest BCUT2D eigenvalue weighted by Gasteiger charge is 2.19. The molecule has 0 fully saturated rings. The molecule has 0 amide bonds. The zero-order valence-corrected chi connectivity index (χ0v) is 11.9. The average molecular weight is 293 g/mol. The summed E-state index contributed by atoms with van der Waals surface area (Å²) in [5.41, 5.74) is 6.86. The van der Waals surface area contributed by atoms with E-state index in [1.54, 1.807) is 12.1 Å². The summed E-state index contributed by atoms with van der Waals surface area (Å²) < 4.78 is 32.2. The van der Waals surface area contributed by atoms with E-state index >= 15 is 0 Å². The van der Waals surface area contributed by atoms with Crippen LogP contribution >= 0.6 is 0 Å². The van der Waals surface area contributed by atoms with Crippen molar-refractivity contribution >= 4 is 21.5 Å². The summed E-state index contributed by atoms with van der Waals surface area (Å²) >= 11 is 0. The number of nitrogen functional groups attached to an aromatic ring is 1. The molecular weight excluding hydrogens is 278 g/mol. The monoisotopic (exact) mass is 293 g/mol. The minimum Gasteiger partial charge on any atom is -0.495 e. The SMILES string of the molecule is COc1ccc(C)cc1NS(=O)(=O)c1cccnc1N. The van der Waals surface area contributed by atoms with Gasteiger partial charge < -0.3 is 10.5 Å². The molecule has 0 unspecified atom stereocenters. The first kappa shape index (κ1) is 14.1. The van der Waals surface area contributed by atoms with Gasteiger partial charge in [-0.15, -0.1) is 0 Å². The quantitative estimate of drug-likeness (QED) is 0.896. The van der Waals surface area contributed by atoms with Gasteiger partial charge >= 0.3 is 0 Å². The average Bonchev–Trinajstić information content (AvgIpc) is 2.39. The molecule has 0 aliphatic heterocycles. The molecule has 0 saturated heterocycles. The van der Waals surface area contributed by atoms with Gasteiger partial charge in [0.25, 0.3) is 10.0 Å². The maximum atomic E-state index is 12.3. The van der Waals surface area contributed by atoms with Crippen molar-refractivity contribution in [3.8, 4) is 5.75 Å². The van der Waals surface area contributed by atoms with Crippen LogP contribution in [-0.2, 0) is 10.0 Å². The van der Waals surface area contributed by atoms with E-state index in [-0.39, 0.29) is 10.7 Å². The van der Waals surface area contributed by atoms with Gasteiger partial charge in [0.1, 0.15) is 16.5 Å². The van der Waals surface area contributed by atoms with Gasteiger partial charge in [0.2, 0.25) is 0 Å². The summed E-state index contributed by atoms with van der Waals surface area (Å²) in [6.07, 6.45) is 1.43. The van der Waals surface area contributed by atoms with Gasteiger partial charge in [-0.25, -0.2) is 13.4 Å². The topological polar surface area (TPSA) is 94.3 Å². The number of pyridine rings is 1. The smallest absolute Gasteiger partial charge is 0.265 e. The Hall–Kier alpha value is -2.28. The second-order valence-corrected chi connectivity index (χ2v) is 5.85. The third kappa shape index (κ3) is 2.83. The number of hydrogen-bond acceptors (Lipinski definition) is 5. The van der Waals surface area contributed by atoms with Crippen LogP contribution in [0.15, 0.2) is 41.4 Å². The molecular formula is C13H15N3O3S. The van der Waals surface area contributed by atoms with Crippen LogP contribution in [0.1, 0.15) is 5.56 Å². The predicted octanol–water partition coefficient (Wildman–Crippen LogP) is 1.78. The largest absolute Gasteiger partial charge is 0.495 e. The van der Waals surface area contributed by atoms with Crippen LogP contribution in [-0.4, -0.2) is 20.5 Å². The maximum absolute atomic E-state index is 12.3. The third-order valence-electron chi connectivity index (χ3n) is 2.69. The molecule has 0 aliphatic rings. The van der Waals surface area contributed by atoms with Gasteiger partial charge in [0, 0.05) is 6.20 Å². The first-order valence-electron chi connectivity index (χ1n) is 5.82. The van der Waals surface area contributed by atoms with Crippen molar-refractivity contribution in [2.45, 2.75) is 11.8 Å². The minimum atomic E-state index is -3.81. The molecule has 1 aromatic carbocycles. The fourth-order valence-corrected chi connectivity index (χ4v) is 2.88. The highest BCUT2D eigenvalue weighted by atomic mass is 32.2. The van der Waals surface area contributed by atoms with Crippen molar-refractivity contribution < 1.29 is 13.2 Å². The van der Waals surface area contributed by atoms with Gasteiger partial charge in [-0.2, -0.15) is 0 Å². The summed E-state index contributed by atoms with van der Waals surface area (Å²) in [4.78, 5) is 3.71. The summed E-state index contributed by atoms with van der Waals surface area (Å²) in [5, 5.41) is 0. The Morgan fingerprint density at radius 3 is 2.70 bits per heavy atom. The van der Waals surface area contributed by atoms with E-state index in [1.165, 1.54) is 25.4 Å². The number of nitrogens with one attached hydrogen (secondary N) is 1. The normalized spacial score (nSPS) is 11.1. The number of anilines is 2. The lowest BCUT2D eigenvalue weighted by Gasteiger charge is -2.13. The number of aromatic nitrogens is 1. The number of methoxy groups -OCH3 is 1. The predicted molar refractivity (Wildman–Crippen MR) is 77.2 cm³/mol. The van der Waals surface area contributed by atoms with E-state index in [0.717, 1.165) is 5.56 Å². The van der Waals surface area contributed by atoms with Crippen molar-refractivity contribution in [1.82, 2.24) is 4.98 Å². The van der Waals surface area contributed by atoms with Crippen LogP contribution in [0.4, 0.5) is 11.5 Å². The van der Waals surface area contributed by atoms with E-state index in [0.29, 0.717) is 11.4 Å². The van der Waals surface area contributed by atoms with E-state index in [1.807, 2.05) is 13.0 Å². The maximum Gasteiger partial charge on any atom is 0.265 e. The Morgan fingerprint density at radius 2 is 2.05 bits per heavy atom. The van der Waals surface area contributed by atoms with E-state index < -0.39 is 10.0 Å². The molecule has 2 rings (SSSR count). The molecule has 0 atom stereocenters.